The highest BCUT2D eigenvalue weighted by Gasteiger charge is 2.63. The molecule has 3 aliphatic heterocycles. The summed E-state index contributed by atoms with van der Waals surface area (Å²) < 4.78 is 6.46. The van der Waals surface area contributed by atoms with E-state index >= 15 is 0 Å². The van der Waals surface area contributed by atoms with E-state index in [2.05, 4.69) is 20.2 Å². The summed E-state index contributed by atoms with van der Waals surface area (Å²) in [6.07, 6.45) is 4.06. The molecule has 2 aromatic rings. The van der Waals surface area contributed by atoms with Crippen molar-refractivity contribution in [2.45, 2.75) is 31.5 Å². The maximum Gasteiger partial charge on any atom is 0.251 e. The first kappa shape index (κ1) is 17.4. The second kappa shape index (κ2) is 6.44. The fourth-order valence-electron chi connectivity index (χ4n) is 5.20. The van der Waals surface area contributed by atoms with Gasteiger partial charge in [0.15, 0.2) is 0 Å². The Bertz CT molecular complexity index is 902. The van der Waals surface area contributed by atoms with Gasteiger partial charge in [-0.2, -0.15) is 4.98 Å². The molecule has 1 aromatic heterocycles. The Balaban J connectivity index is 1.29. The molecule has 146 valence electrons. The van der Waals surface area contributed by atoms with Gasteiger partial charge >= 0.3 is 0 Å². The predicted octanol–water partition coefficient (Wildman–Crippen LogP) is 1.78. The largest absolute Gasteiger partial charge is 0.369 e. The van der Waals surface area contributed by atoms with Crippen LogP contribution < -0.4 is 16.0 Å². The average Bonchev–Trinajstić information content (AvgIpc) is 3.35. The van der Waals surface area contributed by atoms with E-state index in [-0.39, 0.29) is 17.6 Å². The number of ether oxygens (including phenoxy) is 1. The van der Waals surface area contributed by atoms with E-state index in [1.54, 1.807) is 6.20 Å². The zero-order chi connectivity index (χ0) is 19.3. The Morgan fingerprint density at radius 1 is 1.36 bits per heavy atom. The summed E-state index contributed by atoms with van der Waals surface area (Å²) in [5.41, 5.74) is 7.49. The molecule has 1 spiro atoms. The van der Waals surface area contributed by atoms with Gasteiger partial charge in [0.25, 0.3) is 5.91 Å². The molecule has 3 aliphatic rings. The van der Waals surface area contributed by atoms with E-state index < -0.39 is 0 Å². The van der Waals surface area contributed by atoms with E-state index in [9.17, 15) is 4.79 Å². The number of benzene rings is 1. The fraction of sp³-hybridized carbons (Fsp3) is 0.476. The number of aryl methyl sites for hydroxylation is 1. The Labute approximate surface area is 164 Å². The molecular weight excluding hydrogens is 354 g/mol. The van der Waals surface area contributed by atoms with Crippen molar-refractivity contribution >= 4 is 17.7 Å². The number of carbonyl (C=O) groups is 1. The maximum atomic E-state index is 12.5. The van der Waals surface area contributed by atoms with Crippen molar-refractivity contribution in [3.63, 3.8) is 0 Å². The summed E-state index contributed by atoms with van der Waals surface area (Å²) >= 11 is 0. The zero-order valence-corrected chi connectivity index (χ0v) is 16.0. The molecule has 3 saturated heterocycles. The van der Waals surface area contributed by atoms with Crippen LogP contribution in [-0.2, 0) is 4.74 Å². The van der Waals surface area contributed by atoms with Crippen molar-refractivity contribution in [1.29, 1.82) is 0 Å². The van der Waals surface area contributed by atoms with Crippen molar-refractivity contribution in [2.75, 3.05) is 30.3 Å². The van der Waals surface area contributed by atoms with Gasteiger partial charge in [-0.1, -0.05) is 17.7 Å². The van der Waals surface area contributed by atoms with Crippen LogP contribution in [0.2, 0.25) is 0 Å². The number of nitrogens with one attached hydrogen (secondary N) is 1. The van der Waals surface area contributed by atoms with Gasteiger partial charge in [-0.05, 0) is 38.0 Å². The van der Waals surface area contributed by atoms with Gasteiger partial charge in [-0.3, -0.25) is 4.79 Å². The van der Waals surface area contributed by atoms with Crippen LogP contribution in [0.15, 0.2) is 36.5 Å². The smallest absolute Gasteiger partial charge is 0.251 e. The van der Waals surface area contributed by atoms with Gasteiger partial charge < -0.3 is 20.7 Å². The van der Waals surface area contributed by atoms with Crippen LogP contribution in [0.4, 0.5) is 11.8 Å². The first-order valence-electron chi connectivity index (χ1n) is 9.90. The van der Waals surface area contributed by atoms with Gasteiger partial charge in [0.2, 0.25) is 5.95 Å². The summed E-state index contributed by atoms with van der Waals surface area (Å²) in [6, 6.07) is 9.58. The molecule has 5 rings (SSSR count). The third kappa shape index (κ3) is 2.81. The molecule has 2 bridgehead atoms. The van der Waals surface area contributed by atoms with E-state index in [1.165, 1.54) is 0 Å². The number of hydrogen-bond acceptors (Lipinski definition) is 6. The van der Waals surface area contributed by atoms with Crippen LogP contribution >= 0.6 is 0 Å². The summed E-state index contributed by atoms with van der Waals surface area (Å²) in [6.45, 7) is 4.36. The molecule has 0 unspecified atom stereocenters. The van der Waals surface area contributed by atoms with Gasteiger partial charge in [-0.25, -0.2) is 4.98 Å². The summed E-state index contributed by atoms with van der Waals surface area (Å²) in [5.74, 6) is 1.84. The molecule has 0 aliphatic carbocycles. The lowest BCUT2D eigenvalue weighted by molar-refractivity contribution is 0.0141. The first-order chi connectivity index (χ1) is 13.5. The number of hydrogen-bond donors (Lipinski definition) is 2. The lowest BCUT2D eigenvalue weighted by Crippen LogP contribution is -2.41. The van der Waals surface area contributed by atoms with E-state index in [0.29, 0.717) is 29.9 Å². The highest BCUT2D eigenvalue weighted by Crippen LogP contribution is 2.55. The number of aromatic nitrogens is 2. The van der Waals surface area contributed by atoms with Crippen molar-refractivity contribution < 1.29 is 9.53 Å². The molecule has 7 nitrogen and oxygen atoms in total. The number of anilines is 2. The van der Waals surface area contributed by atoms with Crippen LogP contribution in [0.1, 0.15) is 28.8 Å². The minimum Gasteiger partial charge on any atom is -0.369 e. The van der Waals surface area contributed by atoms with E-state index in [0.717, 1.165) is 37.3 Å². The molecule has 1 amide bonds. The Kier molecular flexibility index (Phi) is 4.01. The van der Waals surface area contributed by atoms with Gasteiger partial charge in [-0.15, -0.1) is 0 Å². The predicted molar refractivity (Wildman–Crippen MR) is 106 cm³/mol. The van der Waals surface area contributed by atoms with Gasteiger partial charge in [0, 0.05) is 43.2 Å². The SMILES string of the molecule is Cc1ccc(C(=O)NC[C@H]2[C@H]3CN(c4ccnc(N)n4)C[C@]34CC[C@H]2O4)cc1. The highest BCUT2D eigenvalue weighted by molar-refractivity contribution is 5.94. The Hall–Kier alpha value is -2.67. The van der Waals surface area contributed by atoms with Crippen molar-refractivity contribution in [3.05, 3.63) is 47.7 Å². The van der Waals surface area contributed by atoms with Crippen LogP contribution in [0.25, 0.3) is 0 Å². The molecule has 7 heteroatoms. The first-order valence-corrected chi connectivity index (χ1v) is 9.90. The molecule has 4 heterocycles. The molecule has 3 N–H and O–H groups in total. The molecule has 4 atom stereocenters. The summed E-state index contributed by atoms with van der Waals surface area (Å²) in [5, 5.41) is 3.14. The second-order valence-corrected chi connectivity index (χ2v) is 8.26. The number of carbonyl (C=O) groups excluding carboxylic acids is 1. The van der Waals surface area contributed by atoms with Crippen LogP contribution in [0.5, 0.6) is 0 Å². The van der Waals surface area contributed by atoms with Crippen LogP contribution in [0.3, 0.4) is 0 Å². The maximum absolute atomic E-state index is 12.5. The Morgan fingerprint density at radius 2 is 2.18 bits per heavy atom. The number of nitrogens with zero attached hydrogens (tertiary/aromatic N) is 3. The van der Waals surface area contributed by atoms with Crippen molar-refractivity contribution in [1.82, 2.24) is 15.3 Å². The average molecular weight is 379 g/mol. The topological polar surface area (TPSA) is 93.4 Å². The summed E-state index contributed by atoms with van der Waals surface area (Å²) in [7, 11) is 0. The Morgan fingerprint density at radius 3 is 2.96 bits per heavy atom. The quantitative estimate of drug-likeness (QED) is 0.841. The number of nitrogen functional groups attached to an aromatic ring is 1. The number of nitrogens with two attached hydrogens (primary N) is 1. The second-order valence-electron chi connectivity index (χ2n) is 8.26. The lowest BCUT2D eigenvalue weighted by Gasteiger charge is -2.29. The normalized spacial score (nSPS) is 30.5. The number of rotatable bonds is 4. The van der Waals surface area contributed by atoms with Gasteiger partial charge in [0.1, 0.15) is 5.82 Å². The number of fused-ring (bicyclic) bond motifs is 1. The van der Waals surface area contributed by atoms with Crippen LogP contribution in [-0.4, -0.2) is 47.2 Å². The molecule has 1 aromatic carbocycles. The molecular formula is C21H25N5O2. The van der Waals surface area contributed by atoms with Crippen molar-refractivity contribution in [2.24, 2.45) is 11.8 Å². The van der Waals surface area contributed by atoms with E-state index in [4.69, 9.17) is 10.5 Å². The minimum atomic E-state index is -0.121. The molecule has 0 saturated carbocycles. The zero-order valence-electron chi connectivity index (χ0n) is 16.0. The molecule has 3 fully saturated rings. The third-order valence-corrected chi connectivity index (χ3v) is 6.58. The highest BCUT2D eigenvalue weighted by atomic mass is 16.5. The van der Waals surface area contributed by atoms with E-state index in [1.807, 2.05) is 37.3 Å². The lowest BCUT2D eigenvalue weighted by atomic mass is 9.73. The monoisotopic (exact) mass is 379 g/mol. The molecule has 28 heavy (non-hydrogen) atoms. The van der Waals surface area contributed by atoms with Crippen LogP contribution in [0, 0.1) is 18.8 Å². The van der Waals surface area contributed by atoms with Crippen molar-refractivity contribution in [3.8, 4) is 0 Å². The third-order valence-electron chi connectivity index (χ3n) is 6.58. The minimum absolute atomic E-state index is 0.0183. The standard InChI is InChI=1S/C21H25N5O2/c1-13-2-4-14(5-3-13)19(27)24-10-15-16-11-26(18-7-9-23-20(22)25-18)12-21(16)8-6-17(15)28-21/h2-5,7,9,15-17H,6,8,10-12H2,1H3,(H,24,27)(H2,22,23,25)/t15-,16+,17+,21+/m0/s1. The number of amides is 1. The summed E-state index contributed by atoms with van der Waals surface area (Å²) in [4.78, 5) is 23.2. The van der Waals surface area contributed by atoms with Gasteiger partial charge in [0.05, 0.1) is 11.7 Å². The fourth-order valence-corrected chi connectivity index (χ4v) is 5.20. The molecule has 0 radical (unpaired) electrons.